The van der Waals surface area contributed by atoms with E-state index < -0.39 is 33.2 Å². The zero-order valence-corrected chi connectivity index (χ0v) is 14.7. The van der Waals surface area contributed by atoms with E-state index in [4.69, 9.17) is 0 Å². The molecule has 2 N–H and O–H groups in total. The molecule has 2 aromatic carbocycles. The molecule has 7 heteroatoms. The predicted molar refractivity (Wildman–Crippen MR) is 96.8 cm³/mol. The Morgan fingerprint density at radius 2 is 1.48 bits per heavy atom. The molecule has 0 heterocycles. The first-order valence-corrected chi connectivity index (χ1v) is 9.54. The van der Waals surface area contributed by atoms with Gasteiger partial charge in [0.05, 0.1) is 0 Å². The lowest BCUT2D eigenvalue weighted by molar-refractivity contribution is -0.118. The number of hydrogen-bond acceptors (Lipinski definition) is 4. The molecule has 0 aliphatic carbocycles. The normalized spacial score (nSPS) is 10.9. The number of aryl methyl sites for hydroxylation is 1. The number of benzene rings is 2. The van der Waals surface area contributed by atoms with E-state index in [0.717, 1.165) is 11.1 Å². The van der Waals surface area contributed by atoms with Crippen molar-refractivity contribution >= 4 is 27.3 Å². The van der Waals surface area contributed by atoms with Crippen LogP contribution in [0.15, 0.2) is 54.6 Å². The van der Waals surface area contributed by atoms with Crippen LogP contribution in [-0.2, 0) is 26.0 Å². The van der Waals surface area contributed by atoms with Crippen molar-refractivity contribution in [3.63, 3.8) is 0 Å². The van der Waals surface area contributed by atoms with E-state index in [1.807, 2.05) is 31.2 Å². The highest BCUT2D eigenvalue weighted by Gasteiger charge is 2.20. The Balaban J connectivity index is 1.82. The van der Waals surface area contributed by atoms with Crippen molar-refractivity contribution in [2.45, 2.75) is 13.5 Å². The van der Waals surface area contributed by atoms with Gasteiger partial charge in [0, 0.05) is 12.2 Å². The number of para-hydroxylation sites is 1. The summed E-state index contributed by atoms with van der Waals surface area (Å²) in [5.41, 5.74) is 2.48. The van der Waals surface area contributed by atoms with Crippen LogP contribution >= 0.6 is 0 Å². The molecule has 0 aromatic heterocycles. The Hall–Kier alpha value is -2.67. The maximum absolute atomic E-state index is 12.0. The minimum Gasteiger partial charge on any atom is -0.351 e. The molecule has 0 radical (unpaired) electrons. The van der Waals surface area contributed by atoms with E-state index in [0.29, 0.717) is 5.69 Å². The summed E-state index contributed by atoms with van der Waals surface area (Å²) in [6.07, 6.45) is 0. The van der Waals surface area contributed by atoms with E-state index in [9.17, 15) is 18.0 Å². The predicted octanol–water partition coefficient (Wildman–Crippen LogP) is 1.66. The lowest BCUT2D eigenvalue weighted by Gasteiger charge is -2.08. The summed E-state index contributed by atoms with van der Waals surface area (Å²) in [5.74, 6) is -2.76. The van der Waals surface area contributed by atoms with Gasteiger partial charge < -0.3 is 10.6 Å². The average Bonchev–Trinajstić information content (AvgIpc) is 2.54. The second-order valence-electron chi connectivity index (χ2n) is 5.71. The standard InChI is InChI=1S/C18H20N2O4S/c1-14-7-9-15(10-8-14)11-19-17(21)12-25(23,24)13-18(22)20-16-5-3-2-4-6-16/h2-10H,11-13H2,1H3,(H,19,21)(H,20,22). The number of nitrogens with one attached hydrogen (secondary N) is 2. The van der Waals surface area contributed by atoms with E-state index in [2.05, 4.69) is 10.6 Å². The van der Waals surface area contributed by atoms with Crippen LogP contribution in [0, 0.1) is 6.92 Å². The molecule has 0 saturated heterocycles. The highest BCUT2D eigenvalue weighted by molar-refractivity contribution is 7.92. The zero-order chi connectivity index (χ0) is 18.3. The van der Waals surface area contributed by atoms with E-state index in [1.165, 1.54) is 0 Å². The molecule has 2 aromatic rings. The molecule has 0 spiro atoms. The molecule has 0 unspecified atom stereocenters. The summed E-state index contributed by atoms with van der Waals surface area (Å²) in [5, 5.41) is 5.03. The lowest BCUT2D eigenvalue weighted by Crippen LogP contribution is -2.33. The third-order valence-corrected chi connectivity index (χ3v) is 4.77. The number of hydrogen-bond donors (Lipinski definition) is 2. The van der Waals surface area contributed by atoms with Crippen LogP contribution in [0.3, 0.4) is 0 Å². The van der Waals surface area contributed by atoms with Crippen molar-refractivity contribution in [3.05, 3.63) is 65.7 Å². The molecule has 2 rings (SSSR count). The smallest absolute Gasteiger partial charge is 0.239 e. The Labute approximate surface area is 147 Å². The summed E-state index contributed by atoms with van der Waals surface area (Å²) in [6, 6.07) is 16.1. The van der Waals surface area contributed by atoms with Crippen LogP contribution in [0.4, 0.5) is 5.69 Å². The van der Waals surface area contributed by atoms with Gasteiger partial charge in [0.1, 0.15) is 11.5 Å². The Morgan fingerprint density at radius 3 is 2.12 bits per heavy atom. The molecule has 25 heavy (non-hydrogen) atoms. The van der Waals surface area contributed by atoms with Crippen LogP contribution in [0.5, 0.6) is 0 Å². The fourth-order valence-electron chi connectivity index (χ4n) is 2.13. The van der Waals surface area contributed by atoms with Gasteiger partial charge >= 0.3 is 0 Å². The minimum absolute atomic E-state index is 0.241. The molecule has 6 nitrogen and oxygen atoms in total. The van der Waals surface area contributed by atoms with Gasteiger partial charge in [-0.05, 0) is 24.6 Å². The fourth-order valence-corrected chi connectivity index (χ4v) is 3.20. The monoisotopic (exact) mass is 360 g/mol. The SMILES string of the molecule is Cc1ccc(CNC(=O)CS(=O)(=O)CC(=O)Nc2ccccc2)cc1. The van der Waals surface area contributed by atoms with Gasteiger partial charge in [-0.15, -0.1) is 0 Å². The van der Waals surface area contributed by atoms with Crippen LogP contribution in [0.1, 0.15) is 11.1 Å². The van der Waals surface area contributed by atoms with Crippen LogP contribution in [-0.4, -0.2) is 31.7 Å². The number of amides is 2. The molecule has 0 aliphatic heterocycles. The molecular weight excluding hydrogens is 340 g/mol. The maximum Gasteiger partial charge on any atom is 0.239 e. The quantitative estimate of drug-likeness (QED) is 0.785. The topological polar surface area (TPSA) is 92.3 Å². The average molecular weight is 360 g/mol. The van der Waals surface area contributed by atoms with Crippen molar-refractivity contribution in [1.29, 1.82) is 0 Å². The van der Waals surface area contributed by atoms with E-state index in [-0.39, 0.29) is 6.54 Å². The van der Waals surface area contributed by atoms with Gasteiger partial charge in [-0.1, -0.05) is 48.0 Å². The van der Waals surface area contributed by atoms with Crippen molar-refractivity contribution in [3.8, 4) is 0 Å². The van der Waals surface area contributed by atoms with Gasteiger partial charge in [-0.25, -0.2) is 8.42 Å². The van der Waals surface area contributed by atoms with Crippen molar-refractivity contribution in [1.82, 2.24) is 5.32 Å². The van der Waals surface area contributed by atoms with Gasteiger partial charge in [0.15, 0.2) is 9.84 Å². The summed E-state index contributed by atoms with van der Waals surface area (Å²) in [6.45, 7) is 2.19. The Kier molecular flexibility index (Phi) is 6.30. The Morgan fingerprint density at radius 1 is 0.880 bits per heavy atom. The van der Waals surface area contributed by atoms with Crippen molar-refractivity contribution in [2.75, 3.05) is 16.8 Å². The summed E-state index contributed by atoms with van der Waals surface area (Å²) < 4.78 is 24.0. The highest BCUT2D eigenvalue weighted by Crippen LogP contribution is 2.06. The zero-order valence-electron chi connectivity index (χ0n) is 13.9. The lowest BCUT2D eigenvalue weighted by atomic mass is 10.1. The van der Waals surface area contributed by atoms with Gasteiger partial charge in [-0.2, -0.15) is 0 Å². The number of anilines is 1. The first kappa shape index (κ1) is 18.7. The van der Waals surface area contributed by atoms with Gasteiger partial charge in [-0.3, -0.25) is 9.59 Å². The summed E-state index contributed by atoms with van der Waals surface area (Å²) in [7, 11) is -3.84. The van der Waals surface area contributed by atoms with Gasteiger partial charge in [0.2, 0.25) is 11.8 Å². The number of sulfone groups is 1. The van der Waals surface area contributed by atoms with Crippen molar-refractivity contribution in [2.24, 2.45) is 0 Å². The molecule has 0 aliphatic rings. The van der Waals surface area contributed by atoms with E-state index >= 15 is 0 Å². The number of rotatable bonds is 7. The van der Waals surface area contributed by atoms with E-state index in [1.54, 1.807) is 30.3 Å². The second-order valence-corrected chi connectivity index (χ2v) is 7.77. The van der Waals surface area contributed by atoms with Crippen LogP contribution in [0.2, 0.25) is 0 Å². The molecule has 0 fully saturated rings. The number of carbonyl (C=O) groups is 2. The Bertz CT molecular complexity index is 831. The minimum atomic E-state index is -3.84. The molecule has 132 valence electrons. The third kappa shape index (κ3) is 6.76. The van der Waals surface area contributed by atoms with Crippen molar-refractivity contribution < 1.29 is 18.0 Å². The molecule has 0 bridgehead atoms. The summed E-state index contributed by atoms with van der Waals surface area (Å²) >= 11 is 0. The molecule has 0 atom stereocenters. The third-order valence-electron chi connectivity index (χ3n) is 3.37. The largest absolute Gasteiger partial charge is 0.351 e. The first-order valence-electron chi connectivity index (χ1n) is 7.72. The fraction of sp³-hybridized carbons (Fsp3) is 0.222. The second kappa shape index (κ2) is 8.43. The number of carbonyl (C=O) groups excluding carboxylic acids is 2. The molecule has 2 amide bonds. The first-order chi connectivity index (χ1) is 11.8. The van der Waals surface area contributed by atoms with Gasteiger partial charge in [0.25, 0.3) is 0 Å². The van der Waals surface area contributed by atoms with Crippen LogP contribution < -0.4 is 10.6 Å². The van der Waals surface area contributed by atoms with Crippen LogP contribution in [0.25, 0.3) is 0 Å². The highest BCUT2D eigenvalue weighted by atomic mass is 32.2. The molecular formula is C18H20N2O4S. The molecule has 0 saturated carbocycles. The summed E-state index contributed by atoms with van der Waals surface area (Å²) in [4.78, 5) is 23.6. The maximum atomic E-state index is 12.0.